The highest BCUT2D eigenvalue weighted by Crippen LogP contribution is 2.24. The first-order valence-electron chi connectivity index (χ1n) is 6.23. The van der Waals surface area contributed by atoms with Crippen LogP contribution >= 0.6 is 12.4 Å². The Kier molecular flexibility index (Phi) is 5.88. The number of carbonyl (C=O) groups is 1. The van der Waals surface area contributed by atoms with Gasteiger partial charge >= 0.3 is 6.18 Å². The van der Waals surface area contributed by atoms with Gasteiger partial charge in [-0.2, -0.15) is 13.2 Å². The van der Waals surface area contributed by atoms with Gasteiger partial charge in [-0.1, -0.05) is 0 Å². The lowest BCUT2D eigenvalue weighted by atomic mass is 9.93. The molecular formula is C11H19ClF3N3O. The second-order valence-corrected chi connectivity index (χ2v) is 5.03. The van der Waals surface area contributed by atoms with Crippen molar-refractivity contribution in [1.29, 1.82) is 0 Å². The van der Waals surface area contributed by atoms with Crippen LogP contribution < -0.4 is 10.6 Å². The average Bonchev–Trinajstić information content (AvgIpc) is 2.72. The molecule has 1 amide bonds. The summed E-state index contributed by atoms with van der Waals surface area (Å²) >= 11 is 0. The van der Waals surface area contributed by atoms with Crippen LogP contribution in [0.3, 0.4) is 0 Å². The maximum absolute atomic E-state index is 11.9. The Morgan fingerprint density at radius 3 is 2.79 bits per heavy atom. The molecule has 2 unspecified atom stereocenters. The highest BCUT2D eigenvalue weighted by Gasteiger charge is 2.33. The van der Waals surface area contributed by atoms with Gasteiger partial charge < -0.3 is 10.6 Å². The van der Waals surface area contributed by atoms with Gasteiger partial charge in [0.2, 0.25) is 5.91 Å². The molecule has 0 aromatic carbocycles. The minimum atomic E-state index is -4.34. The number of fused-ring (bicyclic) bond motifs is 1. The van der Waals surface area contributed by atoms with Gasteiger partial charge in [-0.3, -0.25) is 9.69 Å². The monoisotopic (exact) mass is 301 g/mol. The van der Waals surface area contributed by atoms with Gasteiger partial charge in [0.15, 0.2) is 0 Å². The van der Waals surface area contributed by atoms with Crippen LogP contribution in [0.1, 0.15) is 12.8 Å². The van der Waals surface area contributed by atoms with E-state index < -0.39 is 18.6 Å². The first-order chi connectivity index (χ1) is 8.44. The van der Waals surface area contributed by atoms with Crippen LogP contribution in [-0.2, 0) is 4.79 Å². The molecule has 0 aliphatic carbocycles. The fourth-order valence-electron chi connectivity index (χ4n) is 2.72. The third-order valence-corrected chi connectivity index (χ3v) is 3.59. The highest BCUT2D eigenvalue weighted by molar-refractivity contribution is 5.85. The zero-order valence-corrected chi connectivity index (χ0v) is 11.3. The van der Waals surface area contributed by atoms with Crippen molar-refractivity contribution < 1.29 is 18.0 Å². The van der Waals surface area contributed by atoms with Gasteiger partial charge in [0, 0.05) is 19.1 Å². The summed E-state index contributed by atoms with van der Waals surface area (Å²) in [5.74, 6) is -0.00843. The topological polar surface area (TPSA) is 44.4 Å². The first-order valence-corrected chi connectivity index (χ1v) is 6.23. The molecule has 2 fully saturated rings. The Bertz CT molecular complexity index is 314. The Labute approximate surface area is 116 Å². The molecule has 19 heavy (non-hydrogen) atoms. The number of likely N-dealkylation sites (tertiary alicyclic amines) is 1. The van der Waals surface area contributed by atoms with Crippen LogP contribution in [0.5, 0.6) is 0 Å². The van der Waals surface area contributed by atoms with Gasteiger partial charge in [0.1, 0.15) is 6.54 Å². The Hall–Kier alpha value is -0.530. The zero-order chi connectivity index (χ0) is 13.2. The lowest BCUT2D eigenvalue weighted by molar-refractivity contribution is -0.139. The minimum Gasteiger partial charge on any atom is -0.346 e. The molecule has 8 heteroatoms. The SMILES string of the molecule is Cl.O=C(CN1CCC2NCCC2C1)NCC(F)(F)F. The van der Waals surface area contributed by atoms with E-state index in [9.17, 15) is 18.0 Å². The van der Waals surface area contributed by atoms with E-state index in [2.05, 4.69) is 5.32 Å². The predicted octanol–water partition coefficient (Wildman–Crippen LogP) is 0.770. The molecular weight excluding hydrogens is 283 g/mol. The Morgan fingerprint density at radius 1 is 1.37 bits per heavy atom. The molecule has 0 spiro atoms. The van der Waals surface area contributed by atoms with E-state index in [4.69, 9.17) is 0 Å². The number of rotatable bonds is 3. The molecule has 4 nitrogen and oxygen atoms in total. The van der Waals surface area contributed by atoms with E-state index in [1.54, 1.807) is 0 Å². The summed E-state index contributed by atoms with van der Waals surface area (Å²) in [6.07, 6.45) is -2.28. The zero-order valence-electron chi connectivity index (χ0n) is 10.5. The molecule has 2 rings (SSSR count). The molecule has 0 radical (unpaired) electrons. The van der Waals surface area contributed by atoms with Crippen molar-refractivity contribution in [2.24, 2.45) is 5.92 Å². The maximum atomic E-state index is 11.9. The van der Waals surface area contributed by atoms with Crippen molar-refractivity contribution >= 4 is 18.3 Å². The van der Waals surface area contributed by atoms with Gasteiger partial charge in [0.05, 0.1) is 6.54 Å². The van der Waals surface area contributed by atoms with Crippen molar-refractivity contribution in [3.05, 3.63) is 0 Å². The number of alkyl halides is 3. The molecule has 2 aliphatic rings. The quantitative estimate of drug-likeness (QED) is 0.809. The van der Waals surface area contributed by atoms with Crippen molar-refractivity contribution in [3.8, 4) is 0 Å². The second-order valence-electron chi connectivity index (χ2n) is 5.03. The lowest BCUT2D eigenvalue weighted by Gasteiger charge is -2.34. The second kappa shape index (κ2) is 6.76. The van der Waals surface area contributed by atoms with Crippen molar-refractivity contribution in [2.75, 3.05) is 32.7 Å². The summed E-state index contributed by atoms with van der Waals surface area (Å²) in [6.45, 7) is 1.40. The van der Waals surface area contributed by atoms with E-state index in [1.807, 2.05) is 10.2 Å². The number of hydrogen-bond acceptors (Lipinski definition) is 3. The van der Waals surface area contributed by atoms with Crippen LogP contribution in [0.25, 0.3) is 0 Å². The Balaban J connectivity index is 0.00000180. The first kappa shape index (κ1) is 16.5. The highest BCUT2D eigenvalue weighted by atomic mass is 35.5. The van der Waals surface area contributed by atoms with E-state index in [0.717, 1.165) is 32.5 Å². The van der Waals surface area contributed by atoms with E-state index in [-0.39, 0.29) is 19.0 Å². The molecule has 2 atom stereocenters. The number of hydrogen-bond donors (Lipinski definition) is 2. The van der Waals surface area contributed by atoms with Gasteiger partial charge in [0.25, 0.3) is 0 Å². The third-order valence-electron chi connectivity index (χ3n) is 3.59. The molecule has 0 aromatic heterocycles. The normalized spacial score (nSPS) is 27.5. The largest absolute Gasteiger partial charge is 0.405 e. The third kappa shape index (κ3) is 5.16. The molecule has 2 heterocycles. The Morgan fingerprint density at radius 2 is 2.11 bits per heavy atom. The predicted molar refractivity (Wildman–Crippen MR) is 67.3 cm³/mol. The van der Waals surface area contributed by atoms with E-state index in [0.29, 0.717) is 12.0 Å². The number of nitrogens with one attached hydrogen (secondary N) is 2. The average molecular weight is 302 g/mol. The number of carbonyl (C=O) groups excluding carboxylic acids is 1. The minimum absolute atomic E-state index is 0. The summed E-state index contributed by atoms with van der Waals surface area (Å²) in [6, 6.07) is 0.527. The molecule has 2 aliphatic heterocycles. The van der Waals surface area contributed by atoms with E-state index in [1.165, 1.54) is 0 Å². The summed E-state index contributed by atoms with van der Waals surface area (Å²) in [7, 11) is 0. The molecule has 2 saturated heterocycles. The van der Waals surface area contributed by atoms with Gasteiger partial charge in [-0.05, 0) is 25.3 Å². The van der Waals surface area contributed by atoms with Crippen LogP contribution in [0.4, 0.5) is 13.2 Å². The van der Waals surface area contributed by atoms with Gasteiger partial charge in [-0.15, -0.1) is 12.4 Å². The standard InChI is InChI=1S/C11H18F3N3O.ClH/c12-11(13,14)7-16-10(18)6-17-4-2-9-8(5-17)1-3-15-9;/h8-9,15H,1-7H2,(H,16,18);1H. The lowest BCUT2D eigenvalue weighted by Crippen LogP contribution is -2.48. The summed E-state index contributed by atoms with van der Waals surface area (Å²) in [5, 5.41) is 5.31. The number of piperidine rings is 1. The van der Waals surface area contributed by atoms with Crippen molar-refractivity contribution in [3.63, 3.8) is 0 Å². The molecule has 0 saturated carbocycles. The summed E-state index contributed by atoms with van der Waals surface area (Å²) in [5.41, 5.74) is 0. The van der Waals surface area contributed by atoms with E-state index >= 15 is 0 Å². The fraction of sp³-hybridized carbons (Fsp3) is 0.909. The van der Waals surface area contributed by atoms with Crippen molar-refractivity contribution in [1.82, 2.24) is 15.5 Å². The molecule has 2 N–H and O–H groups in total. The number of amides is 1. The maximum Gasteiger partial charge on any atom is 0.405 e. The molecule has 0 bridgehead atoms. The van der Waals surface area contributed by atoms with Crippen molar-refractivity contribution in [2.45, 2.75) is 25.1 Å². The summed E-state index contributed by atoms with van der Waals surface area (Å²) < 4.78 is 35.8. The van der Waals surface area contributed by atoms with Crippen LogP contribution in [0.2, 0.25) is 0 Å². The number of nitrogens with zero attached hydrogens (tertiary/aromatic N) is 1. The smallest absolute Gasteiger partial charge is 0.346 e. The summed E-state index contributed by atoms with van der Waals surface area (Å²) in [4.78, 5) is 13.3. The van der Waals surface area contributed by atoms with Crippen LogP contribution in [0.15, 0.2) is 0 Å². The number of halogens is 4. The molecule has 112 valence electrons. The van der Waals surface area contributed by atoms with Gasteiger partial charge in [-0.25, -0.2) is 0 Å². The fourth-order valence-corrected chi connectivity index (χ4v) is 2.72. The van der Waals surface area contributed by atoms with Crippen LogP contribution in [0, 0.1) is 5.92 Å². The van der Waals surface area contributed by atoms with Crippen LogP contribution in [-0.4, -0.2) is 55.7 Å². The molecule has 0 aromatic rings.